The predicted octanol–water partition coefficient (Wildman–Crippen LogP) is 15.4. The lowest BCUT2D eigenvalue weighted by atomic mass is 9.98. The highest BCUT2D eigenvalue weighted by Gasteiger charge is 2.44. The van der Waals surface area contributed by atoms with Crippen LogP contribution in [0, 0.1) is 0 Å². The van der Waals surface area contributed by atoms with E-state index in [-0.39, 0.29) is 12.8 Å². The average molecular weight is 1110 g/mol. The molecule has 11 heteroatoms. The summed E-state index contributed by atoms with van der Waals surface area (Å²) < 4.78 is 11.2. The van der Waals surface area contributed by atoms with Gasteiger partial charge in [-0.3, -0.25) is 4.79 Å². The number of amides is 1. The van der Waals surface area contributed by atoms with E-state index < -0.39 is 74.2 Å². The highest BCUT2D eigenvalue weighted by molar-refractivity contribution is 5.80. The molecule has 9 atom stereocenters. The van der Waals surface area contributed by atoms with Gasteiger partial charge in [-0.1, -0.05) is 275 Å². The summed E-state index contributed by atoms with van der Waals surface area (Å²) in [5, 5.41) is 76.3. The van der Waals surface area contributed by atoms with Gasteiger partial charge in [0.05, 0.1) is 25.4 Å². The van der Waals surface area contributed by atoms with Crippen molar-refractivity contribution in [3.05, 3.63) is 36.5 Å². The normalized spacial score (nSPS) is 19.6. The Morgan fingerprint density at radius 3 is 1.14 bits per heavy atom. The maximum Gasteiger partial charge on any atom is 0.249 e. The van der Waals surface area contributed by atoms with E-state index in [9.17, 15) is 40.5 Å². The Balaban J connectivity index is 2.21. The van der Waals surface area contributed by atoms with Gasteiger partial charge in [-0.15, -0.1) is 0 Å². The average Bonchev–Trinajstić information content (AvgIpc) is 3.46. The third-order valence-electron chi connectivity index (χ3n) is 16.1. The molecule has 9 unspecified atom stereocenters. The van der Waals surface area contributed by atoms with Crippen LogP contribution in [0.2, 0.25) is 0 Å². The molecule has 11 nitrogen and oxygen atoms in total. The third kappa shape index (κ3) is 43.1. The summed E-state index contributed by atoms with van der Waals surface area (Å²) in [6.07, 6.45) is 59.4. The smallest absolute Gasteiger partial charge is 0.249 e. The maximum atomic E-state index is 13.2. The van der Waals surface area contributed by atoms with Crippen LogP contribution in [0.25, 0.3) is 0 Å². The van der Waals surface area contributed by atoms with Gasteiger partial charge in [-0.25, -0.2) is 0 Å². The molecular formula is C67H127NO10. The van der Waals surface area contributed by atoms with Crippen LogP contribution in [0.3, 0.4) is 0 Å². The molecule has 0 aromatic rings. The first kappa shape index (κ1) is 74.3. The highest BCUT2D eigenvalue weighted by atomic mass is 16.7. The second-order valence-electron chi connectivity index (χ2n) is 23.5. The molecule has 1 heterocycles. The minimum absolute atomic E-state index is 0.248. The SMILES string of the molecule is CCCCCCCCCCCC/C=C/CC/C=C/CCCC(O)C(O)C(COC1OC(CO)C(O)C(O)C1O)NC(=O)C(O)CCCCCCCCCCCCCCCCCC/C=C\CCCCCCCCCCCCCC. The summed E-state index contributed by atoms with van der Waals surface area (Å²) in [7, 11) is 0. The van der Waals surface area contributed by atoms with Crippen molar-refractivity contribution in [1.29, 1.82) is 0 Å². The topological polar surface area (TPSA) is 189 Å². The van der Waals surface area contributed by atoms with Gasteiger partial charge in [-0.2, -0.15) is 0 Å². The standard InChI is InChI=1S/C67H127NO10/c1-3-5-7-9-11-13-15-17-19-21-23-24-25-26-27-28-29-30-31-32-33-34-35-37-39-41-43-45-47-49-51-53-55-60(71)66(76)68-58(57-77-67-65(75)64(74)63(73)61(56-69)78-67)62(72)59(70)54-52-50-48-46-44-42-40-38-36-22-20-18-16-14-12-10-8-6-4-2/h26-27,38,40,46,48,58-65,67,69-75H,3-25,28-37,39,41-45,47,49-57H2,1-2H3,(H,68,76)/b27-26-,40-38+,48-46+. The van der Waals surface area contributed by atoms with Gasteiger partial charge < -0.3 is 50.5 Å². The van der Waals surface area contributed by atoms with Crippen molar-refractivity contribution in [3.8, 4) is 0 Å². The lowest BCUT2D eigenvalue weighted by Crippen LogP contribution is -2.60. The molecule has 1 saturated heterocycles. The zero-order chi connectivity index (χ0) is 56.8. The van der Waals surface area contributed by atoms with E-state index >= 15 is 0 Å². The Morgan fingerprint density at radius 1 is 0.436 bits per heavy atom. The number of rotatable bonds is 58. The van der Waals surface area contributed by atoms with Gasteiger partial charge >= 0.3 is 0 Å². The Kier molecular flexibility index (Phi) is 53.2. The van der Waals surface area contributed by atoms with Crippen molar-refractivity contribution in [1.82, 2.24) is 5.32 Å². The molecule has 0 spiro atoms. The van der Waals surface area contributed by atoms with Crippen molar-refractivity contribution in [2.75, 3.05) is 13.2 Å². The van der Waals surface area contributed by atoms with Crippen molar-refractivity contribution in [2.45, 2.75) is 371 Å². The largest absolute Gasteiger partial charge is 0.394 e. The number of allylic oxidation sites excluding steroid dienone is 6. The van der Waals surface area contributed by atoms with Gasteiger partial charge in [0.1, 0.15) is 36.6 Å². The number of hydrogen-bond acceptors (Lipinski definition) is 10. The fourth-order valence-corrected chi connectivity index (χ4v) is 10.8. The molecule has 1 aliphatic rings. The Hall–Kier alpha value is -1.67. The molecule has 0 bridgehead atoms. The summed E-state index contributed by atoms with van der Waals surface area (Å²) in [5.41, 5.74) is 0. The lowest BCUT2D eigenvalue weighted by molar-refractivity contribution is -0.303. The van der Waals surface area contributed by atoms with E-state index in [2.05, 4.69) is 55.6 Å². The fraction of sp³-hybridized carbons (Fsp3) is 0.896. The summed E-state index contributed by atoms with van der Waals surface area (Å²) >= 11 is 0. The molecule has 1 rings (SSSR count). The lowest BCUT2D eigenvalue weighted by Gasteiger charge is -2.40. The number of nitrogens with one attached hydrogen (secondary N) is 1. The molecule has 0 aromatic heterocycles. The first-order valence-electron chi connectivity index (χ1n) is 33.4. The van der Waals surface area contributed by atoms with Crippen LogP contribution >= 0.6 is 0 Å². The minimum Gasteiger partial charge on any atom is -0.394 e. The molecule has 460 valence electrons. The molecular weight excluding hydrogens is 979 g/mol. The predicted molar refractivity (Wildman–Crippen MR) is 325 cm³/mol. The molecule has 1 amide bonds. The van der Waals surface area contributed by atoms with E-state index in [0.29, 0.717) is 19.3 Å². The second-order valence-corrected chi connectivity index (χ2v) is 23.5. The van der Waals surface area contributed by atoms with Crippen LogP contribution in [0.1, 0.15) is 316 Å². The number of carbonyl (C=O) groups excluding carboxylic acids is 1. The Labute approximate surface area is 479 Å². The van der Waals surface area contributed by atoms with Gasteiger partial charge in [-0.05, 0) is 77.0 Å². The van der Waals surface area contributed by atoms with Crippen LogP contribution in [-0.2, 0) is 14.3 Å². The summed E-state index contributed by atoms with van der Waals surface area (Å²) in [4.78, 5) is 13.2. The van der Waals surface area contributed by atoms with E-state index in [0.717, 1.165) is 38.5 Å². The van der Waals surface area contributed by atoms with Crippen LogP contribution in [0.5, 0.6) is 0 Å². The number of aliphatic hydroxyl groups excluding tert-OH is 7. The molecule has 0 saturated carbocycles. The first-order valence-corrected chi connectivity index (χ1v) is 33.4. The van der Waals surface area contributed by atoms with Crippen molar-refractivity contribution >= 4 is 5.91 Å². The Morgan fingerprint density at radius 2 is 0.769 bits per heavy atom. The number of aliphatic hydroxyl groups is 7. The van der Waals surface area contributed by atoms with E-state index in [4.69, 9.17) is 9.47 Å². The molecule has 1 fully saturated rings. The van der Waals surface area contributed by atoms with Gasteiger partial charge in [0.15, 0.2) is 6.29 Å². The third-order valence-corrected chi connectivity index (χ3v) is 16.1. The maximum absolute atomic E-state index is 13.2. The van der Waals surface area contributed by atoms with Crippen molar-refractivity contribution in [3.63, 3.8) is 0 Å². The summed E-state index contributed by atoms with van der Waals surface area (Å²) in [5.74, 6) is -0.706. The summed E-state index contributed by atoms with van der Waals surface area (Å²) in [6, 6.07) is -1.19. The van der Waals surface area contributed by atoms with E-state index in [1.54, 1.807) is 0 Å². The van der Waals surface area contributed by atoms with Gasteiger partial charge in [0.2, 0.25) is 5.91 Å². The zero-order valence-corrected chi connectivity index (χ0v) is 50.7. The molecule has 0 radical (unpaired) electrons. The zero-order valence-electron chi connectivity index (χ0n) is 50.7. The fourth-order valence-electron chi connectivity index (χ4n) is 10.8. The number of ether oxygens (including phenoxy) is 2. The van der Waals surface area contributed by atoms with Crippen molar-refractivity contribution < 1.29 is 50.0 Å². The van der Waals surface area contributed by atoms with Gasteiger partial charge in [0, 0.05) is 0 Å². The number of unbranched alkanes of at least 4 members (excludes halogenated alkanes) is 40. The molecule has 78 heavy (non-hydrogen) atoms. The number of hydrogen-bond donors (Lipinski definition) is 8. The number of carbonyl (C=O) groups is 1. The van der Waals surface area contributed by atoms with E-state index in [1.165, 1.54) is 231 Å². The van der Waals surface area contributed by atoms with Gasteiger partial charge in [0.25, 0.3) is 0 Å². The molecule has 8 N–H and O–H groups in total. The molecule has 1 aliphatic heterocycles. The first-order chi connectivity index (χ1) is 38.2. The minimum atomic E-state index is -1.67. The summed E-state index contributed by atoms with van der Waals surface area (Å²) in [6.45, 7) is 3.47. The van der Waals surface area contributed by atoms with Crippen LogP contribution in [0.15, 0.2) is 36.5 Å². The van der Waals surface area contributed by atoms with Crippen LogP contribution in [0.4, 0.5) is 0 Å². The van der Waals surface area contributed by atoms with E-state index in [1.807, 2.05) is 0 Å². The van der Waals surface area contributed by atoms with Crippen LogP contribution in [-0.4, -0.2) is 110 Å². The Bertz CT molecular complexity index is 1360. The monoisotopic (exact) mass is 1110 g/mol. The second kappa shape index (κ2) is 55.8. The molecule has 0 aromatic carbocycles. The highest BCUT2D eigenvalue weighted by Crippen LogP contribution is 2.24. The quantitative estimate of drug-likeness (QED) is 0.0215. The van der Waals surface area contributed by atoms with Crippen LogP contribution < -0.4 is 5.32 Å². The van der Waals surface area contributed by atoms with Crippen molar-refractivity contribution in [2.24, 2.45) is 0 Å². The molecule has 0 aliphatic carbocycles.